The summed E-state index contributed by atoms with van der Waals surface area (Å²) in [7, 11) is 0. The zero-order chi connectivity index (χ0) is 11.8. The van der Waals surface area contributed by atoms with Crippen LogP contribution in [0.1, 0.15) is 28.8 Å². The van der Waals surface area contributed by atoms with Crippen LogP contribution < -0.4 is 5.32 Å². The van der Waals surface area contributed by atoms with Crippen molar-refractivity contribution in [2.45, 2.75) is 25.3 Å². The number of rotatable bonds is 3. The summed E-state index contributed by atoms with van der Waals surface area (Å²) in [5, 5.41) is 12.5. The highest BCUT2D eigenvalue weighted by atomic mass is 35.5. The van der Waals surface area contributed by atoms with E-state index >= 15 is 0 Å². The second-order valence-electron chi connectivity index (χ2n) is 4.41. The molecule has 3 nitrogen and oxygen atoms in total. The van der Waals surface area contributed by atoms with Crippen LogP contribution in [0.4, 0.5) is 0 Å². The Morgan fingerprint density at radius 2 is 2.19 bits per heavy atom. The maximum Gasteiger partial charge on any atom is 0.251 e. The molecule has 1 aliphatic rings. The van der Waals surface area contributed by atoms with E-state index in [0.717, 1.165) is 18.4 Å². The molecule has 0 atom stereocenters. The van der Waals surface area contributed by atoms with Crippen molar-refractivity contribution in [1.82, 2.24) is 5.32 Å². The third kappa shape index (κ3) is 2.36. The van der Waals surface area contributed by atoms with Gasteiger partial charge in [-0.05, 0) is 43.5 Å². The van der Waals surface area contributed by atoms with Crippen LogP contribution in [0.25, 0.3) is 0 Å². The predicted molar refractivity (Wildman–Crippen MR) is 62.7 cm³/mol. The minimum Gasteiger partial charge on any atom is -0.394 e. The molecule has 0 spiro atoms. The van der Waals surface area contributed by atoms with Crippen LogP contribution in [0.15, 0.2) is 18.2 Å². The number of carbonyl (C=O) groups excluding carboxylic acids is 1. The average Bonchev–Trinajstić information content (AvgIpc) is 2.97. The van der Waals surface area contributed by atoms with Gasteiger partial charge in [-0.25, -0.2) is 0 Å². The monoisotopic (exact) mass is 239 g/mol. The van der Waals surface area contributed by atoms with Gasteiger partial charge in [0.25, 0.3) is 5.91 Å². The Hall–Kier alpha value is -1.06. The number of nitrogens with one attached hydrogen (secondary N) is 1. The Morgan fingerprint density at radius 1 is 1.50 bits per heavy atom. The van der Waals surface area contributed by atoms with E-state index < -0.39 is 0 Å². The normalized spacial score (nSPS) is 16.9. The summed E-state index contributed by atoms with van der Waals surface area (Å²) < 4.78 is 0. The summed E-state index contributed by atoms with van der Waals surface area (Å²) in [6.07, 6.45) is 1.68. The van der Waals surface area contributed by atoms with Gasteiger partial charge in [0.2, 0.25) is 0 Å². The first-order valence-electron chi connectivity index (χ1n) is 5.25. The van der Waals surface area contributed by atoms with Crippen molar-refractivity contribution in [3.05, 3.63) is 34.3 Å². The first-order valence-corrected chi connectivity index (χ1v) is 5.63. The highest BCUT2D eigenvalue weighted by Gasteiger charge is 2.43. The van der Waals surface area contributed by atoms with Gasteiger partial charge >= 0.3 is 0 Å². The molecule has 0 aromatic heterocycles. The number of hydrogen-bond donors (Lipinski definition) is 2. The van der Waals surface area contributed by atoms with E-state index in [9.17, 15) is 4.79 Å². The van der Waals surface area contributed by atoms with Gasteiger partial charge in [-0.2, -0.15) is 0 Å². The van der Waals surface area contributed by atoms with Crippen molar-refractivity contribution in [2.75, 3.05) is 6.61 Å². The predicted octanol–water partition coefficient (Wildman–Crippen LogP) is 1.90. The topological polar surface area (TPSA) is 49.3 Å². The van der Waals surface area contributed by atoms with E-state index in [1.807, 2.05) is 6.92 Å². The molecule has 2 rings (SSSR count). The van der Waals surface area contributed by atoms with Crippen molar-refractivity contribution in [1.29, 1.82) is 0 Å². The van der Waals surface area contributed by atoms with Gasteiger partial charge in [0.05, 0.1) is 12.1 Å². The SMILES string of the molecule is Cc1cc(Cl)cc(C(=O)NC2(CO)CC2)c1. The molecule has 1 aromatic rings. The van der Waals surface area contributed by atoms with Crippen LogP contribution in [-0.2, 0) is 0 Å². The van der Waals surface area contributed by atoms with Crippen molar-refractivity contribution >= 4 is 17.5 Å². The number of aliphatic hydroxyl groups excluding tert-OH is 1. The maximum atomic E-state index is 11.9. The molecular formula is C12H14ClNO2. The smallest absolute Gasteiger partial charge is 0.251 e. The molecule has 0 saturated heterocycles. The van der Waals surface area contributed by atoms with Crippen LogP contribution in [0, 0.1) is 6.92 Å². The Bertz CT molecular complexity index is 407. The Kier molecular flexibility index (Phi) is 2.91. The number of aryl methyl sites for hydroxylation is 1. The summed E-state index contributed by atoms with van der Waals surface area (Å²) in [4.78, 5) is 11.9. The molecule has 1 aliphatic carbocycles. The van der Waals surface area contributed by atoms with E-state index in [1.165, 1.54) is 0 Å². The van der Waals surface area contributed by atoms with Crippen LogP contribution in [0.5, 0.6) is 0 Å². The lowest BCUT2D eigenvalue weighted by Crippen LogP contribution is -2.39. The van der Waals surface area contributed by atoms with Crippen molar-refractivity contribution in [2.24, 2.45) is 0 Å². The average molecular weight is 240 g/mol. The van der Waals surface area contributed by atoms with Crippen LogP contribution in [-0.4, -0.2) is 23.2 Å². The summed E-state index contributed by atoms with van der Waals surface area (Å²) in [6, 6.07) is 5.23. The lowest BCUT2D eigenvalue weighted by molar-refractivity contribution is 0.0906. The quantitative estimate of drug-likeness (QED) is 0.847. The molecule has 1 saturated carbocycles. The Balaban J connectivity index is 2.14. The number of hydrogen-bond acceptors (Lipinski definition) is 2. The largest absolute Gasteiger partial charge is 0.394 e. The molecule has 2 N–H and O–H groups in total. The third-order valence-corrected chi connectivity index (χ3v) is 3.06. The minimum atomic E-state index is -0.382. The molecule has 1 aromatic carbocycles. The second kappa shape index (κ2) is 4.07. The highest BCUT2D eigenvalue weighted by Crippen LogP contribution is 2.34. The van der Waals surface area contributed by atoms with Gasteiger partial charge in [-0.15, -0.1) is 0 Å². The molecule has 0 bridgehead atoms. The summed E-state index contributed by atoms with van der Waals surface area (Å²) >= 11 is 5.89. The maximum absolute atomic E-state index is 11.9. The van der Waals surface area contributed by atoms with Gasteiger partial charge in [-0.3, -0.25) is 4.79 Å². The van der Waals surface area contributed by atoms with Gasteiger partial charge in [-0.1, -0.05) is 11.6 Å². The zero-order valence-corrected chi connectivity index (χ0v) is 9.84. The number of carbonyl (C=O) groups is 1. The van der Waals surface area contributed by atoms with Crippen LogP contribution >= 0.6 is 11.6 Å². The summed E-state index contributed by atoms with van der Waals surface area (Å²) in [5.41, 5.74) is 1.11. The number of amides is 1. The molecule has 16 heavy (non-hydrogen) atoms. The first-order chi connectivity index (χ1) is 7.54. The molecule has 86 valence electrons. The molecule has 4 heteroatoms. The molecule has 0 heterocycles. The third-order valence-electron chi connectivity index (χ3n) is 2.84. The van der Waals surface area contributed by atoms with Crippen LogP contribution in [0.3, 0.4) is 0 Å². The zero-order valence-electron chi connectivity index (χ0n) is 9.09. The number of halogens is 1. The fourth-order valence-electron chi connectivity index (χ4n) is 1.65. The second-order valence-corrected chi connectivity index (χ2v) is 4.85. The van der Waals surface area contributed by atoms with Gasteiger partial charge in [0.1, 0.15) is 0 Å². The molecule has 1 amide bonds. The molecule has 0 aliphatic heterocycles. The number of aliphatic hydroxyl groups is 1. The molecule has 0 unspecified atom stereocenters. The lowest BCUT2D eigenvalue weighted by atomic mass is 10.1. The standard InChI is InChI=1S/C12H14ClNO2/c1-8-4-9(6-10(13)5-8)11(16)14-12(7-15)2-3-12/h4-6,15H,2-3,7H2,1H3,(H,14,16). The van der Waals surface area contributed by atoms with Gasteiger partial charge < -0.3 is 10.4 Å². The lowest BCUT2D eigenvalue weighted by Gasteiger charge is -2.14. The van der Waals surface area contributed by atoms with E-state index in [0.29, 0.717) is 10.6 Å². The molecular weight excluding hydrogens is 226 g/mol. The first kappa shape index (κ1) is 11.4. The molecule has 1 fully saturated rings. The fourth-order valence-corrected chi connectivity index (χ4v) is 1.94. The Morgan fingerprint density at radius 3 is 2.69 bits per heavy atom. The van der Waals surface area contributed by atoms with E-state index in [1.54, 1.807) is 18.2 Å². The van der Waals surface area contributed by atoms with Gasteiger partial charge in [0, 0.05) is 10.6 Å². The number of benzene rings is 1. The minimum absolute atomic E-state index is 0.00170. The van der Waals surface area contributed by atoms with Crippen molar-refractivity contribution < 1.29 is 9.90 Å². The summed E-state index contributed by atoms with van der Waals surface area (Å²) in [6.45, 7) is 1.89. The Labute approximate surface area is 99.4 Å². The molecule has 0 radical (unpaired) electrons. The van der Waals surface area contributed by atoms with E-state index in [2.05, 4.69) is 5.32 Å². The fraction of sp³-hybridized carbons (Fsp3) is 0.417. The summed E-state index contributed by atoms with van der Waals surface area (Å²) in [5.74, 6) is -0.169. The van der Waals surface area contributed by atoms with E-state index in [-0.39, 0.29) is 18.1 Å². The van der Waals surface area contributed by atoms with E-state index in [4.69, 9.17) is 16.7 Å². The van der Waals surface area contributed by atoms with Crippen molar-refractivity contribution in [3.8, 4) is 0 Å². The van der Waals surface area contributed by atoms with Crippen molar-refractivity contribution in [3.63, 3.8) is 0 Å². The van der Waals surface area contributed by atoms with Crippen LogP contribution in [0.2, 0.25) is 5.02 Å². The highest BCUT2D eigenvalue weighted by molar-refractivity contribution is 6.31. The van der Waals surface area contributed by atoms with Gasteiger partial charge in [0.15, 0.2) is 0 Å².